The molecule has 0 unspecified atom stereocenters. The fourth-order valence-corrected chi connectivity index (χ4v) is 5.46. The number of nitrogens with one attached hydrogen (secondary N) is 1. The van der Waals surface area contributed by atoms with Gasteiger partial charge >= 0.3 is 6.03 Å². The fraction of sp³-hybridized carbons (Fsp3) is 0.429. The van der Waals surface area contributed by atoms with E-state index in [1.807, 2.05) is 0 Å². The Bertz CT molecular complexity index is 844. The molecule has 2 N–H and O–H groups in total. The van der Waals surface area contributed by atoms with Gasteiger partial charge in [-0.05, 0) is 19.1 Å². The number of sulfone groups is 1. The Morgan fingerprint density at radius 2 is 1.96 bits per heavy atom. The summed E-state index contributed by atoms with van der Waals surface area (Å²) in [5.74, 6) is -1.61. The summed E-state index contributed by atoms with van der Waals surface area (Å²) in [5.41, 5.74) is -1.13. The van der Waals surface area contributed by atoms with Crippen molar-refractivity contribution >= 4 is 45.0 Å². The van der Waals surface area contributed by atoms with Crippen LogP contribution in [-0.2, 0) is 20.2 Å². The summed E-state index contributed by atoms with van der Waals surface area (Å²) >= 11 is 12.0. The van der Waals surface area contributed by atoms with Crippen LogP contribution in [0.1, 0.15) is 12.5 Å². The summed E-state index contributed by atoms with van der Waals surface area (Å²) in [6.07, 6.45) is -1.31. The molecule has 1 aromatic carbocycles. The van der Waals surface area contributed by atoms with E-state index < -0.39 is 51.0 Å². The van der Waals surface area contributed by atoms with Crippen molar-refractivity contribution in [3.63, 3.8) is 0 Å². The number of urea groups is 1. The Hall–Kier alpha value is -1.35. The molecule has 2 aliphatic rings. The minimum absolute atomic E-state index is 0.195. The van der Waals surface area contributed by atoms with Crippen LogP contribution in [0.2, 0.25) is 10.0 Å². The van der Waals surface area contributed by atoms with E-state index in [4.69, 9.17) is 23.2 Å². The van der Waals surface area contributed by atoms with Gasteiger partial charge in [0.2, 0.25) is 0 Å². The van der Waals surface area contributed by atoms with Crippen molar-refractivity contribution in [3.8, 4) is 0 Å². The van der Waals surface area contributed by atoms with Crippen LogP contribution in [0.4, 0.5) is 4.79 Å². The quantitative estimate of drug-likeness (QED) is 0.728. The maximum atomic E-state index is 12.9. The molecule has 3 amide bonds. The van der Waals surface area contributed by atoms with Crippen molar-refractivity contribution in [2.75, 3.05) is 11.5 Å². The summed E-state index contributed by atoms with van der Waals surface area (Å²) in [6, 6.07) is 2.62. The highest BCUT2D eigenvalue weighted by Gasteiger charge is 2.55. The van der Waals surface area contributed by atoms with Crippen LogP contribution in [0.5, 0.6) is 0 Å². The lowest BCUT2D eigenvalue weighted by atomic mass is 9.91. The first-order chi connectivity index (χ1) is 11.0. The molecule has 7 nitrogen and oxygen atoms in total. The molecular weight excluding hydrogens is 379 g/mol. The Labute approximate surface area is 148 Å². The number of carbonyl (C=O) groups is 2. The molecule has 130 valence electrons. The highest BCUT2D eigenvalue weighted by molar-refractivity contribution is 7.91. The molecule has 2 aliphatic heterocycles. The first-order valence-electron chi connectivity index (χ1n) is 7.05. The van der Waals surface area contributed by atoms with Gasteiger partial charge in [-0.1, -0.05) is 29.3 Å². The smallest absolute Gasteiger partial charge is 0.325 e. The monoisotopic (exact) mass is 392 g/mol. The van der Waals surface area contributed by atoms with Crippen LogP contribution < -0.4 is 5.32 Å². The van der Waals surface area contributed by atoms with E-state index in [-0.39, 0.29) is 5.02 Å². The molecule has 1 aromatic rings. The topological polar surface area (TPSA) is 104 Å². The minimum Gasteiger partial charge on any atom is -0.390 e. The van der Waals surface area contributed by atoms with Crippen LogP contribution in [0.3, 0.4) is 0 Å². The number of hydrogen-bond acceptors (Lipinski definition) is 5. The molecule has 0 aliphatic carbocycles. The Balaban J connectivity index is 2.00. The van der Waals surface area contributed by atoms with Gasteiger partial charge in [0.05, 0.1) is 23.7 Å². The van der Waals surface area contributed by atoms with Crippen molar-refractivity contribution in [2.24, 2.45) is 0 Å². The molecule has 3 rings (SSSR count). The molecule has 0 saturated carbocycles. The third-order valence-electron chi connectivity index (χ3n) is 4.32. The molecule has 3 atom stereocenters. The fourth-order valence-electron chi connectivity index (χ4n) is 3.10. The second-order valence-corrected chi connectivity index (χ2v) is 9.06. The summed E-state index contributed by atoms with van der Waals surface area (Å²) < 4.78 is 23.4. The van der Waals surface area contributed by atoms with Crippen molar-refractivity contribution < 1.29 is 23.1 Å². The Kier molecular flexibility index (Phi) is 4.07. The lowest BCUT2D eigenvalue weighted by Crippen LogP contribution is -2.48. The van der Waals surface area contributed by atoms with E-state index in [9.17, 15) is 23.1 Å². The molecule has 2 saturated heterocycles. The number of halogens is 2. The van der Waals surface area contributed by atoms with Gasteiger partial charge in [0, 0.05) is 15.6 Å². The largest absolute Gasteiger partial charge is 0.390 e. The van der Waals surface area contributed by atoms with Gasteiger partial charge in [-0.15, -0.1) is 0 Å². The van der Waals surface area contributed by atoms with Gasteiger partial charge in [-0.2, -0.15) is 0 Å². The van der Waals surface area contributed by atoms with Crippen LogP contribution in [-0.4, -0.2) is 54.0 Å². The van der Waals surface area contributed by atoms with Gasteiger partial charge in [0.15, 0.2) is 9.84 Å². The Morgan fingerprint density at radius 3 is 2.50 bits per heavy atom. The number of rotatable bonds is 2. The van der Waals surface area contributed by atoms with Crippen LogP contribution in [0, 0.1) is 0 Å². The number of aliphatic hydroxyl groups is 1. The maximum Gasteiger partial charge on any atom is 0.325 e. The number of hydrogen-bond donors (Lipinski definition) is 2. The SMILES string of the molecule is C[C@@]1(c2ccc(Cl)cc2Cl)NC(=O)N([C@@H]2CS(=O)(=O)C[C@@H]2O)C1=O. The average molecular weight is 393 g/mol. The zero-order valence-electron chi connectivity index (χ0n) is 12.5. The predicted molar refractivity (Wildman–Crippen MR) is 87.6 cm³/mol. The molecule has 0 aromatic heterocycles. The number of aliphatic hydroxyl groups excluding tert-OH is 1. The van der Waals surface area contributed by atoms with E-state index in [1.165, 1.54) is 25.1 Å². The molecule has 0 radical (unpaired) electrons. The van der Waals surface area contributed by atoms with E-state index in [0.29, 0.717) is 10.6 Å². The minimum atomic E-state index is -3.51. The number of amides is 3. The van der Waals surface area contributed by atoms with Gasteiger partial charge in [-0.3, -0.25) is 9.69 Å². The molecule has 0 spiro atoms. The molecule has 2 fully saturated rings. The van der Waals surface area contributed by atoms with Crippen molar-refractivity contribution in [2.45, 2.75) is 24.6 Å². The molecule has 10 heteroatoms. The maximum absolute atomic E-state index is 12.9. The van der Waals surface area contributed by atoms with Gasteiger partial charge in [-0.25, -0.2) is 13.2 Å². The van der Waals surface area contributed by atoms with Crippen molar-refractivity contribution in [1.29, 1.82) is 0 Å². The summed E-state index contributed by atoms with van der Waals surface area (Å²) in [6.45, 7) is 1.47. The second kappa shape index (κ2) is 5.59. The lowest BCUT2D eigenvalue weighted by Gasteiger charge is -2.26. The standard InChI is InChI=1S/C14H14Cl2N2O5S/c1-14(8-3-2-7(15)4-9(8)16)12(20)18(13(21)17-14)10-5-24(22,23)6-11(10)19/h2-4,10-11,19H,5-6H2,1H3,(H,17,21)/t10-,11+,14+/m1/s1. The van der Waals surface area contributed by atoms with Crippen LogP contribution >= 0.6 is 23.2 Å². The lowest BCUT2D eigenvalue weighted by molar-refractivity contribution is -0.133. The van der Waals surface area contributed by atoms with Gasteiger partial charge < -0.3 is 10.4 Å². The van der Waals surface area contributed by atoms with Crippen LogP contribution in [0.15, 0.2) is 18.2 Å². The summed E-state index contributed by atoms with van der Waals surface area (Å²) in [7, 11) is -3.51. The molecule has 0 bridgehead atoms. The van der Waals surface area contributed by atoms with E-state index in [0.717, 1.165) is 4.90 Å². The number of benzene rings is 1. The van der Waals surface area contributed by atoms with Crippen molar-refractivity contribution in [1.82, 2.24) is 10.2 Å². The average Bonchev–Trinajstić information content (AvgIpc) is 2.83. The number of imide groups is 1. The van der Waals surface area contributed by atoms with Gasteiger partial charge in [0.25, 0.3) is 5.91 Å². The van der Waals surface area contributed by atoms with Gasteiger partial charge in [0.1, 0.15) is 5.54 Å². The second-order valence-electron chi connectivity index (χ2n) is 6.07. The summed E-state index contributed by atoms with van der Waals surface area (Å²) in [4.78, 5) is 26.0. The zero-order valence-corrected chi connectivity index (χ0v) is 14.8. The normalized spacial score (nSPS) is 32.2. The number of nitrogens with zero attached hydrogens (tertiary/aromatic N) is 1. The Morgan fingerprint density at radius 1 is 1.29 bits per heavy atom. The third kappa shape index (κ3) is 2.67. The predicted octanol–water partition coefficient (Wildman–Crippen LogP) is 0.918. The van der Waals surface area contributed by atoms with Crippen LogP contribution in [0.25, 0.3) is 0 Å². The zero-order chi connectivity index (χ0) is 17.9. The molecule has 24 heavy (non-hydrogen) atoms. The highest BCUT2D eigenvalue weighted by Crippen LogP contribution is 2.36. The highest BCUT2D eigenvalue weighted by atomic mass is 35.5. The van der Waals surface area contributed by atoms with E-state index in [2.05, 4.69) is 5.32 Å². The van der Waals surface area contributed by atoms with E-state index in [1.54, 1.807) is 0 Å². The van der Waals surface area contributed by atoms with Crippen molar-refractivity contribution in [3.05, 3.63) is 33.8 Å². The summed E-state index contributed by atoms with van der Waals surface area (Å²) in [5, 5.41) is 13.1. The third-order valence-corrected chi connectivity index (χ3v) is 6.56. The van der Waals surface area contributed by atoms with E-state index >= 15 is 0 Å². The number of carbonyl (C=O) groups excluding carboxylic acids is 2. The molecule has 2 heterocycles. The molecular formula is C14H14Cl2N2O5S. The first-order valence-corrected chi connectivity index (χ1v) is 9.63. The first kappa shape index (κ1) is 17.5.